The van der Waals surface area contributed by atoms with Crippen molar-refractivity contribution in [2.75, 3.05) is 12.9 Å². The lowest BCUT2D eigenvalue weighted by Crippen LogP contribution is -2.26. The number of para-hydroxylation sites is 1. The maximum Gasteiger partial charge on any atom is 0.278 e. The van der Waals surface area contributed by atoms with Crippen molar-refractivity contribution in [1.29, 1.82) is 0 Å². The molecule has 1 aliphatic rings. The molecule has 168 valence electrons. The molecule has 2 N–H and O–H groups in total. The van der Waals surface area contributed by atoms with Gasteiger partial charge in [0.15, 0.2) is 5.16 Å². The van der Waals surface area contributed by atoms with E-state index in [1.807, 2.05) is 60.8 Å². The van der Waals surface area contributed by atoms with Crippen LogP contribution in [-0.2, 0) is 11.3 Å². The number of carbonyl (C=O) groups excluding carboxylic acids is 1. The number of aromatic amines is 1. The van der Waals surface area contributed by atoms with Crippen molar-refractivity contribution < 1.29 is 9.53 Å². The van der Waals surface area contributed by atoms with Gasteiger partial charge in [-0.1, -0.05) is 60.3 Å². The number of fused-ring (bicyclic) bond motifs is 1. The average Bonchev–Trinajstić information content (AvgIpc) is 3.59. The van der Waals surface area contributed by atoms with Crippen LogP contribution in [0, 0.1) is 0 Å². The summed E-state index contributed by atoms with van der Waals surface area (Å²) in [5.41, 5.74) is 3.85. The minimum absolute atomic E-state index is 0.0818. The van der Waals surface area contributed by atoms with E-state index >= 15 is 0 Å². The number of methoxy groups -OCH3 is 1. The Morgan fingerprint density at radius 1 is 1.18 bits per heavy atom. The van der Waals surface area contributed by atoms with E-state index in [1.165, 1.54) is 11.8 Å². The van der Waals surface area contributed by atoms with E-state index in [0.717, 1.165) is 35.3 Å². The third-order valence-electron chi connectivity index (χ3n) is 5.70. The molecule has 2 heterocycles. The van der Waals surface area contributed by atoms with E-state index < -0.39 is 0 Å². The Labute approximate surface area is 195 Å². The molecule has 0 bridgehead atoms. The van der Waals surface area contributed by atoms with Gasteiger partial charge in [-0.2, -0.15) is 0 Å². The van der Waals surface area contributed by atoms with Gasteiger partial charge in [-0.25, -0.2) is 4.98 Å². The van der Waals surface area contributed by atoms with Gasteiger partial charge in [0.05, 0.1) is 12.9 Å². The van der Waals surface area contributed by atoms with E-state index in [2.05, 4.69) is 10.3 Å². The molecule has 2 aromatic heterocycles. The zero-order valence-electron chi connectivity index (χ0n) is 18.2. The summed E-state index contributed by atoms with van der Waals surface area (Å²) >= 11 is 1.30. The van der Waals surface area contributed by atoms with E-state index in [9.17, 15) is 9.59 Å². The molecule has 0 unspecified atom stereocenters. The zero-order valence-corrected chi connectivity index (χ0v) is 19.0. The highest BCUT2D eigenvalue weighted by Gasteiger charge is 2.29. The Morgan fingerprint density at radius 2 is 1.94 bits per heavy atom. The number of H-pyrrole nitrogens is 1. The lowest BCUT2D eigenvalue weighted by atomic mass is 10.1. The molecule has 33 heavy (non-hydrogen) atoms. The Bertz CT molecular complexity index is 1360. The SMILES string of the molecule is COc1ccccc1CNC(=O)CSc1nc2c(-c3ccccc3)c[nH]c2c(=O)n1C1CC1. The summed E-state index contributed by atoms with van der Waals surface area (Å²) < 4.78 is 7.08. The fourth-order valence-corrected chi connectivity index (χ4v) is 4.76. The minimum Gasteiger partial charge on any atom is -0.496 e. The number of thioether (sulfide) groups is 1. The highest BCUT2D eigenvalue weighted by Crippen LogP contribution is 2.37. The zero-order chi connectivity index (χ0) is 22.8. The lowest BCUT2D eigenvalue weighted by molar-refractivity contribution is -0.118. The maximum absolute atomic E-state index is 13.3. The van der Waals surface area contributed by atoms with Crippen molar-refractivity contribution in [1.82, 2.24) is 19.9 Å². The van der Waals surface area contributed by atoms with Crippen LogP contribution in [0.5, 0.6) is 5.75 Å². The largest absolute Gasteiger partial charge is 0.496 e. The molecule has 0 saturated heterocycles. The summed E-state index contributed by atoms with van der Waals surface area (Å²) in [5.74, 6) is 0.784. The molecule has 8 heteroatoms. The number of ether oxygens (including phenoxy) is 1. The van der Waals surface area contributed by atoms with Crippen molar-refractivity contribution in [3.63, 3.8) is 0 Å². The maximum atomic E-state index is 13.3. The molecule has 0 atom stereocenters. The van der Waals surface area contributed by atoms with Crippen LogP contribution in [-0.4, -0.2) is 33.3 Å². The highest BCUT2D eigenvalue weighted by atomic mass is 32.2. The van der Waals surface area contributed by atoms with Crippen LogP contribution in [0.4, 0.5) is 0 Å². The van der Waals surface area contributed by atoms with E-state index in [4.69, 9.17) is 9.72 Å². The molecule has 1 aliphatic carbocycles. The molecule has 1 saturated carbocycles. The van der Waals surface area contributed by atoms with E-state index in [-0.39, 0.29) is 23.3 Å². The summed E-state index contributed by atoms with van der Waals surface area (Å²) in [6.45, 7) is 0.376. The molecule has 4 aromatic rings. The van der Waals surface area contributed by atoms with Gasteiger partial charge in [0.1, 0.15) is 16.8 Å². The van der Waals surface area contributed by atoms with Crippen LogP contribution in [0.25, 0.3) is 22.2 Å². The number of hydrogen-bond donors (Lipinski definition) is 2. The molecule has 0 aliphatic heterocycles. The molecule has 7 nitrogen and oxygen atoms in total. The van der Waals surface area contributed by atoms with Crippen LogP contribution in [0.3, 0.4) is 0 Å². The fraction of sp³-hybridized carbons (Fsp3) is 0.240. The third kappa shape index (κ3) is 4.39. The Hall–Kier alpha value is -3.52. The van der Waals surface area contributed by atoms with Crippen LogP contribution >= 0.6 is 11.8 Å². The number of aromatic nitrogens is 3. The van der Waals surface area contributed by atoms with Crippen molar-refractivity contribution in [2.45, 2.75) is 30.6 Å². The first-order chi connectivity index (χ1) is 16.2. The molecular formula is C25H24N4O3S. The van der Waals surface area contributed by atoms with E-state index in [0.29, 0.717) is 22.7 Å². The molecule has 0 spiro atoms. The van der Waals surface area contributed by atoms with Crippen molar-refractivity contribution in [3.8, 4) is 16.9 Å². The number of nitrogens with zero attached hydrogens (tertiary/aromatic N) is 2. The second-order valence-electron chi connectivity index (χ2n) is 7.97. The summed E-state index contributed by atoms with van der Waals surface area (Å²) in [6, 6.07) is 17.6. The number of rotatable bonds is 8. The second kappa shape index (κ2) is 9.15. The number of benzene rings is 2. The van der Waals surface area contributed by atoms with Crippen LogP contribution in [0.1, 0.15) is 24.4 Å². The summed E-state index contributed by atoms with van der Waals surface area (Å²) in [5, 5.41) is 3.51. The molecule has 1 amide bonds. The van der Waals surface area contributed by atoms with Gasteiger partial charge in [-0.05, 0) is 24.5 Å². The van der Waals surface area contributed by atoms with Gasteiger partial charge >= 0.3 is 0 Å². The number of hydrogen-bond acceptors (Lipinski definition) is 5. The summed E-state index contributed by atoms with van der Waals surface area (Å²) in [4.78, 5) is 33.8. The lowest BCUT2D eigenvalue weighted by Gasteiger charge is -2.12. The van der Waals surface area contributed by atoms with Crippen molar-refractivity contribution >= 4 is 28.7 Å². The van der Waals surface area contributed by atoms with Crippen LogP contribution in [0.15, 0.2) is 70.7 Å². The number of amides is 1. The third-order valence-corrected chi connectivity index (χ3v) is 6.65. The van der Waals surface area contributed by atoms with Crippen molar-refractivity contribution in [3.05, 3.63) is 76.7 Å². The quantitative estimate of drug-likeness (QED) is 0.305. The van der Waals surface area contributed by atoms with E-state index in [1.54, 1.807) is 11.7 Å². The standard InChI is InChI=1S/C25H24N4O3S/c1-32-20-10-6-5-9-17(20)13-26-21(30)15-33-25-28-22-19(16-7-3-2-4-8-16)14-27-23(22)24(31)29(25)18-11-12-18/h2-10,14,18,27H,11-13,15H2,1H3,(H,26,30). The van der Waals surface area contributed by atoms with Crippen LogP contribution in [0.2, 0.25) is 0 Å². The predicted molar refractivity (Wildman–Crippen MR) is 130 cm³/mol. The van der Waals surface area contributed by atoms with Gasteiger partial charge in [-0.15, -0.1) is 0 Å². The first-order valence-electron chi connectivity index (χ1n) is 10.9. The van der Waals surface area contributed by atoms with Gasteiger partial charge < -0.3 is 15.0 Å². The minimum atomic E-state index is -0.125. The molecule has 2 aromatic carbocycles. The Morgan fingerprint density at radius 3 is 2.70 bits per heavy atom. The molecule has 0 radical (unpaired) electrons. The highest BCUT2D eigenvalue weighted by molar-refractivity contribution is 7.99. The second-order valence-corrected chi connectivity index (χ2v) is 8.91. The average molecular weight is 461 g/mol. The fourth-order valence-electron chi connectivity index (χ4n) is 3.87. The molecule has 1 fully saturated rings. The smallest absolute Gasteiger partial charge is 0.278 e. The summed E-state index contributed by atoms with van der Waals surface area (Å²) in [6.07, 6.45) is 3.74. The normalized spacial score (nSPS) is 13.2. The number of nitrogens with one attached hydrogen (secondary N) is 2. The van der Waals surface area contributed by atoms with Crippen molar-refractivity contribution in [2.24, 2.45) is 0 Å². The van der Waals surface area contributed by atoms with Gasteiger partial charge in [0.2, 0.25) is 5.91 Å². The first-order valence-corrected chi connectivity index (χ1v) is 11.8. The number of carbonyl (C=O) groups is 1. The molecule has 5 rings (SSSR count). The predicted octanol–water partition coefficient (Wildman–Crippen LogP) is 4.14. The van der Waals surface area contributed by atoms with Gasteiger partial charge in [0.25, 0.3) is 5.56 Å². The molecular weight excluding hydrogens is 436 g/mol. The first kappa shape index (κ1) is 21.3. The van der Waals surface area contributed by atoms with Gasteiger partial charge in [-0.3, -0.25) is 14.2 Å². The Balaban J connectivity index is 1.38. The summed E-state index contributed by atoms with van der Waals surface area (Å²) in [7, 11) is 1.61. The van der Waals surface area contributed by atoms with Gasteiger partial charge in [0, 0.05) is 29.9 Å². The topological polar surface area (TPSA) is 89.0 Å². The van der Waals surface area contributed by atoms with Crippen LogP contribution < -0.4 is 15.6 Å². The Kier molecular flexibility index (Phi) is 5.92. The monoisotopic (exact) mass is 460 g/mol.